The molecule has 1 aromatic carbocycles. The van der Waals surface area contributed by atoms with E-state index in [0.717, 1.165) is 23.7 Å². The normalized spacial score (nSPS) is 9.93. The van der Waals surface area contributed by atoms with Crippen molar-refractivity contribution in [3.8, 4) is 0 Å². The van der Waals surface area contributed by atoms with Gasteiger partial charge in [-0.25, -0.2) is 0 Å². The van der Waals surface area contributed by atoms with Crippen molar-refractivity contribution < 1.29 is 0 Å². The first kappa shape index (κ1) is 11.1. The van der Waals surface area contributed by atoms with E-state index in [0.29, 0.717) is 0 Å². The minimum absolute atomic E-state index is 0.764. The molecule has 0 saturated heterocycles. The molecule has 0 amide bonds. The summed E-state index contributed by atoms with van der Waals surface area (Å²) in [5.41, 5.74) is 3.50. The zero-order valence-corrected chi connectivity index (χ0v) is 9.49. The maximum Gasteiger partial charge on any atom is 0.0426 e. The van der Waals surface area contributed by atoms with Crippen molar-refractivity contribution in [3.05, 3.63) is 40.9 Å². The molecule has 0 heterocycles. The highest BCUT2D eigenvalue weighted by Crippen LogP contribution is 2.20. The van der Waals surface area contributed by atoms with Crippen LogP contribution in [0.2, 0.25) is 5.02 Å². The van der Waals surface area contributed by atoms with Crippen molar-refractivity contribution in [2.24, 2.45) is 0 Å². The van der Waals surface area contributed by atoms with Gasteiger partial charge in [0.05, 0.1) is 0 Å². The molecule has 1 nitrogen and oxygen atoms in total. The molecule has 0 bridgehead atoms. The number of anilines is 1. The summed E-state index contributed by atoms with van der Waals surface area (Å²) < 4.78 is 0. The maximum absolute atomic E-state index is 5.90. The van der Waals surface area contributed by atoms with E-state index in [9.17, 15) is 0 Å². The lowest BCUT2D eigenvalue weighted by Gasteiger charge is -2.10. The van der Waals surface area contributed by atoms with Crippen molar-refractivity contribution in [2.45, 2.75) is 20.3 Å². The van der Waals surface area contributed by atoms with Crippen LogP contribution >= 0.6 is 11.6 Å². The standard InChI is InChI=1S/C12H16ClN/c1-4-9(2)8-14-12-7-11(13)6-5-10(12)3/h5-7,14H,2,4,8H2,1,3H3. The Labute approximate surface area is 90.8 Å². The number of hydrogen-bond acceptors (Lipinski definition) is 1. The highest BCUT2D eigenvalue weighted by atomic mass is 35.5. The molecule has 0 unspecified atom stereocenters. The van der Waals surface area contributed by atoms with Gasteiger partial charge in [0.2, 0.25) is 0 Å². The second-order valence-corrected chi connectivity index (χ2v) is 3.85. The van der Waals surface area contributed by atoms with Crippen molar-refractivity contribution >= 4 is 17.3 Å². The number of halogens is 1. The van der Waals surface area contributed by atoms with Crippen LogP contribution in [-0.2, 0) is 0 Å². The predicted molar refractivity (Wildman–Crippen MR) is 64.1 cm³/mol. The summed E-state index contributed by atoms with van der Waals surface area (Å²) >= 11 is 5.90. The molecular weight excluding hydrogens is 194 g/mol. The van der Waals surface area contributed by atoms with E-state index in [2.05, 4.69) is 25.7 Å². The summed E-state index contributed by atoms with van der Waals surface area (Å²) in [5, 5.41) is 4.08. The van der Waals surface area contributed by atoms with E-state index >= 15 is 0 Å². The SMILES string of the molecule is C=C(CC)CNc1cc(Cl)ccc1C. The van der Waals surface area contributed by atoms with Crippen molar-refractivity contribution in [1.29, 1.82) is 0 Å². The molecule has 0 aliphatic rings. The number of hydrogen-bond donors (Lipinski definition) is 1. The summed E-state index contributed by atoms with van der Waals surface area (Å²) in [6, 6.07) is 5.86. The molecular formula is C12H16ClN. The molecule has 0 fully saturated rings. The highest BCUT2D eigenvalue weighted by Gasteiger charge is 1.98. The third-order valence-corrected chi connectivity index (χ3v) is 2.46. The van der Waals surface area contributed by atoms with Gasteiger partial charge in [0.25, 0.3) is 0 Å². The monoisotopic (exact) mass is 209 g/mol. The van der Waals surface area contributed by atoms with Crippen LogP contribution in [0.5, 0.6) is 0 Å². The van der Waals surface area contributed by atoms with Gasteiger partial charge in [0, 0.05) is 17.3 Å². The molecule has 1 N–H and O–H groups in total. The first-order valence-electron chi connectivity index (χ1n) is 4.80. The molecule has 0 aliphatic heterocycles. The fourth-order valence-corrected chi connectivity index (χ4v) is 1.30. The van der Waals surface area contributed by atoms with Crippen LogP contribution in [0.4, 0.5) is 5.69 Å². The van der Waals surface area contributed by atoms with Gasteiger partial charge in [-0.3, -0.25) is 0 Å². The Bertz CT molecular complexity index is 331. The van der Waals surface area contributed by atoms with Gasteiger partial charge >= 0.3 is 0 Å². The second kappa shape index (κ2) is 5.06. The fourth-order valence-electron chi connectivity index (χ4n) is 1.13. The zero-order chi connectivity index (χ0) is 10.6. The molecule has 0 atom stereocenters. The predicted octanol–water partition coefficient (Wildman–Crippen LogP) is 4.03. The van der Waals surface area contributed by atoms with Gasteiger partial charge in [-0.1, -0.05) is 36.7 Å². The topological polar surface area (TPSA) is 12.0 Å². The van der Waals surface area contributed by atoms with Crippen LogP contribution in [0.1, 0.15) is 18.9 Å². The summed E-state index contributed by atoms with van der Waals surface area (Å²) in [7, 11) is 0. The molecule has 0 aromatic heterocycles. The summed E-state index contributed by atoms with van der Waals surface area (Å²) in [6.07, 6.45) is 1.01. The Balaban J connectivity index is 2.66. The largest absolute Gasteiger partial charge is 0.381 e. The lowest BCUT2D eigenvalue weighted by molar-refractivity contribution is 1.05. The quantitative estimate of drug-likeness (QED) is 0.739. The number of nitrogens with one attached hydrogen (secondary N) is 1. The molecule has 0 spiro atoms. The van der Waals surface area contributed by atoms with E-state index in [1.165, 1.54) is 11.1 Å². The van der Waals surface area contributed by atoms with Crippen LogP contribution in [0.15, 0.2) is 30.4 Å². The number of rotatable bonds is 4. The minimum atomic E-state index is 0.764. The van der Waals surface area contributed by atoms with E-state index in [1.807, 2.05) is 18.2 Å². The summed E-state index contributed by atoms with van der Waals surface area (Å²) in [6.45, 7) is 8.93. The van der Waals surface area contributed by atoms with Crippen molar-refractivity contribution in [1.82, 2.24) is 0 Å². The van der Waals surface area contributed by atoms with Crippen molar-refractivity contribution in [3.63, 3.8) is 0 Å². The second-order valence-electron chi connectivity index (χ2n) is 3.42. The van der Waals surface area contributed by atoms with Gasteiger partial charge in [-0.2, -0.15) is 0 Å². The van der Waals surface area contributed by atoms with E-state index in [4.69, 9.17) is 11.6 Å². The van der Waals surface area contributed by atoms with E-state index in [1.54, 1.807) is 0 Å². The molecule has 1 rings (SSSR count). The zero-order valence-electron chi connectivity index (χ0n) is 8.73. The highest BCUT2D eigenvalue weighted by molar-refractivity contribution is 6.30. The lowest BCUT2D eigenvalue weighted by atomic mass is 10.2. The average Bonchev–Trinajstić information content (AvgIpc) is 2.19. The number of benzene rings is 1. The Morgan fingerprint density at radius 3 is 2.86 bits per heavy atom. The van der Waals surface area contributed by atoms with Crippen LogP contribution in [0.25, 0.3) is 0 Å². The third kappa shape index (κ3) is 3.08. The van der Waals surface area contributed by atoms with Gasteiger partial charge in [-0.15, -0.1) is 0 Å². The Morgan fingerprint density at radius 2 is 2.21 bits per heavy atom. The average molecular weight is 210 g/mol. The molecule has 76 valence electrons. The van der Waals surface area contributed by atoms with E-state index in [-0.39, 0.29) is 0 Å². The van der Waals surface area contributed by atoms with Gasteiger partial charge < -0.3 is 5.32 Å². The lowest BCUT2D eigenvalue weighted by Crippen LogP contribution is -2.04. The molecule has 0 saturated carbocycles. The van der Waals surface area contributed by atoms with E-state index < -0.39 is 0 Å². The summed E-state index contributed by atoms with van der Waals surface area (Å²) in [4.78, 5) is 0. The molecule has 2 heteroatoms. The minimum Gasteiger partial charge on any atom is -0.381 e. The Morgan fingerprint density at radius 1 is 1.50 bits per heavy atom. The Kier molecular flexibility index (Phi) is 4.02. The van der Waals surface area contributed by atoms with Gasteiger partial charge in [0.1, 0.15) is 0 Å². The number of aryl methyl sites for hydroxylation is 1. The fraction of sp³-hybridized carbons (Fsp3) is 0.333. The first-order valence-corrected chi connectivity index (χ1v) is 5.18. The molecule has 1 aromatic rings. The summed E-state index contributed by atoms with van der Waals surface area (Å²) in [5.74, 6) is 0. The van der Waals surface area contributed by atoms with Gasteiger partial charge in [-0.05, 0) is 31.0 Å². The third-order valence-electron chi connectivity index (χ3n) is 2.23. The smallest absolute Gasteiger partial charge is 0.0426 e. The van der Waals surface area contributed by atoms with Crippen molar-refractivity contribution in [2.75, 3.05) is 11.9 Å². The molecule has 14 heavy (non-hydrogen) atoms. The molecule has 0 radical (unpaired) electrons. The van der Waals surface area contributed by atoms with Crippen LogP contribution in [0.3, 0.4) is 0 Å². The first-order chi connectivity index (χ1) is 6.63. The Hall–Kier alpha value is -0.950. The van der Waals surface area contributed by atoms with Gasteiger partial charge in [0.15, 0.2) is 0 Å². The van der Waals surface area contributed by atoms with Crippen LogP contribution in [-0.4, -0.2) is 6.54 Å². The maximum atomic E-state index is 5.90. The van der Waals surface area contributed by atoms with Crippen LogP contribution < -0.4 is 5.32 Å². The van der Waals surface area contributed by atoms with Crippen LogP contribution in [0, 0.1) is 6.92 Å². The molecule has 0 aliphatic carbocycles.